The van der Waals surface area contributed by atoms with Gasteiger partial charge in [0, 0.05) is 45.0 Å². The SMILES string of the molecule is CN=C(NCCn1cccc1)NCC(C)c1ccccc1OC. The Hall–Kier alpha value is -2.43. The standard InChI is InChI=1S/C18H26N4O/c1-15(16-8-4-5-9-17(16)23-3)14-21-18(19-2)20-10-13-22-11-6-7-12-22/h4-9,11-12,15H,10,13-14H2,1-3H3,(H2,19,20,21). The zero-order chi connectivity index (χ0) is 16.5. The molecule has 1 aromatic heterocycles. The van der Waals surface area contributed by atoms with E-state index in [1.165, 1.54) is 5.56 Å². The molecule has 0 spiro atoms. The van der Waals surface area contributed by atoms with Crippen molar-refractivity contribution in [3.8, 4) is 5.75 Å². The summed E-state index contributed by atoms with van der Waals surface area (Å²) >= 11 is 0. The van der Waals surface area contributed by atoms with Gasteiger partial charge in [0.15, 0.2) is 5.96 Å². The largest absolute Gasteiger partial charge is 0.496 e. The minimum Gasteiger partial charge on any atom is -0.496 e. The molecular weight excluding hydrogens is 288 g/mol. The summed E-state index contributed by atoms with van der Waals surface area (Å²) in [5, 5.41) is 6.70. The van der Waals surface area contributed by atoms with E-state index in [4.69, 9.17) is 4.74 Å². The summed E-state index contributed by atoms with van der Waals surface area (Å²) in [5.41, 5.74) is 1.20. The number of ether oxygens (including phenoxy) is 1. The summed E-state index contributed by atoms with van der Waals surface area (Å²) in [6.07, 6.45) is 4.11. The van der Waals surface area contributed by atoms with Crippen LogP contribution < -0.4 is 15.4 Å². The summed E-state index contributed by atoms with van der Waals surface area (Å²) in [6, 6.07) is 12.2. The first-order valence-corrected chi connectivity index (χ1v) is 7.92. The van der Waals surface area contributed by atoms with E-state index in [-0.39, 0.29) is 0 Å². The van der Waals surface area contributed by atoms with Crippen LogP contribution >= 0.6 is 0 Å². The number of benzene rings is 1. The first-order valence-electron chi connectivity index (χ1n) is 7.92. The zero-order valence-corrected chi connectivity index (χ0v) is 14.1. The second kappa shape index (κ2) is 8.88. The van der Waals surface area contributed by atoms with E-state index < -0.39 is 0 Å². The maximum Gasteiger partial charge on any atom is 0.191 e. The molecule has 0 saturated heterocycles. The smallest absolute Gasteiger partial charge is 0.191 e. The van der Waals surface area contributed by atoms with Crippen LogP contribution in [0.4, 0.5) is 0 Å². The molecule has 1 aromatic carbocycles. The molecule has 0 radical (unpaired) electrons. The van der Waals surface area contributed by atoms with E-state index in [1.807, 2.05) is 30.3 Å². The van der Waals surface area contributed by atoms with Gasteiger partial charge in [0.1, 0.15) is 5.75 Å². The average molecular weight is 314 g/mol. The lowest BCUT2D eigenvalue weighted by Gasteiger charge is -2.18. The molecule has 0 saturated carbocycles. The molecule has 2 aromatic rings. The van der Waals surface area contributed by atoms with Gasteiger partial charge in [-0.05, 0) is 23.8 Å². The van der Waals surface area contributed by atoms with Crippen molar-refractivity contribution in [3.05, 3.63) is 54.4 Å². The molecule has 0 aliphatic carbocycles. The van der Waals surface area contributed by atoms with E-state index in [0.717, 1.165) is 31.3 Å². The van der Waals surface area contributed by atoms with Crippen LogP contribution in [0.3, 0.4) is 0 Å². The number of aliphatic imine (C=N–C) groups is 1. The van der Waals surface area contributed by atoms with E-state index in [9.17, 15) is 0 Å². The number of hydrogen-bond donors (Lipinski definition) is 2. The number of para-hydroxylation sites is 1. The Balaban J connectivity index is 1.80. The molecule has 0 aliphatic rings. The summed E-state index contributed by atoms with van der Waals surface area (Å²) in [6.45, 7) is 4.72. The molecule has 2 N–H and O–H groups in total. The molecular formula is C18H26N4O. The molecule has 1 atom stereocenters. The van der Waals surface area contributed by atoms with Crippen molar-refractivity contribution < 1.29 is 4.74 Å². The molecule has 0 aliphatic heterocycles. The van der Waals surface area contributed by atoms with E-state index in [0.29, 0.717) is 5.92 Å². The summed E-state index contributed by atoms with van der Waals surface area (Å²) in [4.78, 5) is 4.27. The van der Waals surface area contributed by atoms with Crippen LogP contribution in [0.5, 0.6) is 5.75 Å². The van der Waals surface area contributed by atoms with Gasteiger partial charge >= 0.3 is 0 Å². The van der Waals surface area contributed by atoms with Crippen molar-refractivity contribution in [1.29, 1.82) is 0 Å². The summed E-state index contributed by atoms with van der Waals surface area (Å²) < 4.78 is 7.57. The highest BCUT2D eigenvalue weighted by Crippen LogP contribution is 2.25. The lowest BCUT2D eigenvalue weighted by atomic mass is 10.0. The monoisotopic (exact) mass is 314 g/mol. The predicted molar refractivity (Wildman–Crippen MR) is 95.2 cm³/mol. The third kappa shape index (κ3) is 5.06. The number of hydrogen-bond acceptors (Lipinski definition) is 2. The zero-order valence-electron chi connectivity index (χ0n) is 14.1. The molecule has 1 unspecified atom stereocenters. The Morgan fingerprint density at radius 2 is 1.91 bits per heavy atom. The van der Waals surface area contributed by atoms with Crippen LogP contribution in [0.1, 0.15) is 18.4 Å². The first-order chi connectivity index (χ1) is 11.2. The molecule has 5 nitrogen and oxygen atoms in total. The van der Waals surface area contributed by atoms with Crippen molar-refractivity contribution in [2.45, 2.75) is 19.4 Å². The van der Waals surface area contributed by atoms with Gasteiger partial charge in [0.25, 0.3) is 0 Å². The molecule has 0 fully saturated rings. The van der Waals surface area contributed by atoms with Crippen LogP contribution in [-0.4, -0.2) is 37.8 Å². The Kier molecular flexibility index (Phi) is 6.54. The van der Waals surface area contributed by atoms with Gasteiger partial charge in [-0.25, -0.2) is 0 Å². The lowest BCUT2D eigenvalue weighted by Crippen LogP contribution is -2.40. The topological polar surface area (TPSA) is 50.6 Å². The van der Waals surface area contributed by atoms with Crippen molar-refractivity contribution in [1.82, 2.24) is 15.2 Å². The number of guanidine groups is 1. The molecule has 124 valence electrons. The maximum absolute atomic E-state index is 5.43. The molecule has 2 rings (SSSR count). The Morgan fingerprint density at radius 3 is 2.61 bits per heavy atom. The normalized spacial score (nSPS) is 12.7. The van der Waals surface area contributed by atoms with Crippen LogP contribution in [0.2, 0.25) is 0 Å². The van der Waals surface area contributed by atoms with E-state index >= 15 is 0 Å². The third-order valence-electron chi connectivity index (χ3n) is 3.80. The number of methoxy groups -OCH3 is 1. The average Bonchev–Trinajstić information content (AvgIpc) is 3.11. The molecule has 0 bridgehead atoms. The molecule has 5 heteroatoms. The minimum atomic E-state index is 0.328. The molecule has 1 heterocycles. The summed E-state index contributed by atoms with van der Waals surface area (Å²) in [5.74, 6) is 2.07. The van der Waals surface area contributed by atoms with Crippen molar-refractivity contribution >= 4 is 5.96 Å². The maximum atomic E-state index is 5.43. The highest BCUT2D eigenvalue weighted by Gasteiger charge is 2.11. The number of nitrogens with zero attached hydrogens (tertiary/aromatic N) is 2. The van der Waals surface area contributed by atoms with E-state index in [1.54, 1.807) is 14.2 Å². The molecule has 0 amide bonds. The van der Waals surface area contributed by atoms with Crippen LogP contribution in [0.25, 0.3) is 0 Å². The van der Waals surface area contributed by atoms with Gasteiger partial charge < -0.3 is 19.9 Å². The lowest BCUT2D eigenvalue weighted by molar-refractivity contribution is 0.406. The fourth-order valence-electron chi connectivity index (χ4n) is 2.48. The van der Waals surface area contributed by atoms with Crippen LogP contribution in [0.15, 0.2) is 53.8 Å². The van der Waals surface area contributed by atoms with Crippen molar-refractivity contribution in [3.63, 3.8) is 0 Å². The second-order valence-corrected chi connectivity index (χ2v) is 5.44. The van der Waals surface area contributed by atoms with Crippen LogP contribution in [0, 0.1) is 0 Å². The Labute approximate surface area is 138 Å². The Bertz CT molecular complexity index is 607. The quantitative estimate of drug-likeness (QED) is 0.610. The first kappa shape index (κ1) is 16.9. The highest BCUT2D eigenvalue weighted by molar-refractivity contribution is 5.79. The minimum absolute atomic E-state index is 0.328. The van der Waals surface area contributed by atoms with Gasteiger partial charge in [-0.1, -0.05) is 25.1 Å². The highest BCUT2D eigenvalue weighted by atomic mass is 16.5. The Morgan fingerprint density at radius 1 is 1.17 bits per heavy atom. The fraction of sp³-hybridized carbons (Fsp3) is 0.389. The van der Waals surface area contributed by atoms with Gasteiger partial charge in [-0.15, -0.1) is 0 Å². The van der Waals surface area contributed by atoms with Gasteiger partial charge in [0.2, 0.25) is 0 Å². The number of rotatable bonds is 7. The molecule has 23 heavy (non-hydrogen) atoms. The van der Waals surface area contributed by atoms with E-state index in [2.05, 4.69) is 45.6 Å². The van der Waals surface area contributed by atoms with Crippen molar-refractivity contribution in [2.24, 2.45) is 4.99 Å². The van der Waals surface area contributed by atoms with Gasteiger partial charge in [-0.3, -0.25) is 4.99 Å². The fourth-order valence-corrected chi connectivity index (χ4v) is 2.48. The predicted octanol–water partition coefficient (Wildman–Crippen LogP) is 2.47. The second-order valence-electron chi connectivity index (χ2n) is 5.44. The van der Waals surface area contributed by atoms with Crippen LogP contribution in [-0.2, 0) is 6.54 Å². The third-order valence-corrected chi connectivity index (χ3v) is 3.80. The number of aromatic nitrogens is 1. The summed E-state index contributed by atoms with van der Waals surface area (Å²) in [7, 11) is 3.50. The van der Waals surface area contributed by atoms with Gasteiger partial charge in [-0.2, -0.15) is 0 Å². The number of nitrogens with one attached hydrogen (secondary N) is 2. The van der Waals surface area contributed by atoms with Gasteiger partial charge in [0.05, 0.1) is 7.11 Å². The van der Waals surface area contributed by atoms with Crippen molar-refractivity contribution in [2.75, 3.05) is 27.2 Å².